The molecule has 1 aromatic carbocycles. The molecular formula is C15H17N5O2. The highest BCUT2D eigenvalue weighted by Crippen LogP contribution is 2.30. The number of hydroxylamine groups is 1. The predicted octanol–water partition coefficient (Wildman–Crippen LogP) is 0.695. The van der Waals surface area contributed by atoms with Crippen molar-refractivity contribution >= 4 is 11.9 Å². The van der Waals surface area contributed by atoms with Gasteiger partial charge in [-0.1, -0.05) is 12.1 Å². The number of benzene rings is 1. The second-order valence-electron chi connectivity index (χ2n) is 5.65. The van der Waals surface area contributed by atoms with Crippen molar-refractivity contribution in [2.75, 3.05) is 11.4 Å². The molecule has 0 unspecified atom stereocenters. The van der Waals surface area contributed by atoms with E-state index in [2.05, 4.69) is 15.2 Å². The van der Waals surface area contributed by atoms with E-state index in [0.29, 0.717) is 18.7 Å². The average molecular weight is 299 g/mol. The summed E-state index contributed by atoms with van der Waals surface area (Å²) in [6.07, 6.45) is 0.935. The number of aromatic amines is 1. The molecule has 0 aliphatic carbocycles. The molecule has 4 N–H and O–H groups in total. The van der Waals surface area contributed by atoms with Crippen LogP contribution in [-0.4, -0.2) is 27.6 Å². The van der Waals surface area contributed by atoms with E-state index in [-0.39, 0.29) is 0 Å². The molecule has 114 valence electrons. The van der Waals surface area contributed by atoms with Gasteiger partial charge in [0.05, 0.1) is 11.4 Å². The van der Waals surface area contributed by atoms with Gasteiger partial charge in [0.1, 0.15) is 0 Å². The van der Waals surface area contributed by atoms with Crippen LogP contribution in [0.25, 0.3) is 0 Å². The summed E-state index contributed by atoms with van der Waals surface area (Å²) >= 11 is 0. The summed E-state index contributed by atoms with van der Waals surface area (Å²) < 4.78 is 0. The lowest BCUT2D eigenvalue weighted by atomic mass is 10.0. The number of fused-ring (bicyclic) bond motifs is 2. The van der Waals surface area contributed by atoms with Crippen LogP contribution in [0, 0.1) is 0 Å². The largest absolute Gasteiger partial charge is 0.334 e. The van der Waals surface area contributed by atoms with Crippen molar-refractivity contribution in [3.05, 3.63) is 46.3 Å². The van der Waals surface area contributed by atoms with Crippen LogP contribution in [0.3, 0.4) is 0 Å². The highest BCUT2D eigenvalue weighted by Gasteiger charge is 2.27. The molecule has 1 aromatic heterocycles. The first-order valence-corrected chi connectivity index (χ1v) is 7.35. The van der Waals surface area contributed by atoms with Crippen molar-refractivity contribution in [3.8, 4) is 0 Å². The third-order valence-electron chi connectivity index (χ3n) is 4.32. The van der Waals surface area contributed by atoms with Crippen LogP contribution in [0.5, 0.6) is 0 Å². The van der Waals surface area contributed by atoms with Gasteiger partial charge in [0.25, 0.3) is 5.91 Å². The van der Waals surface area contributed by atoms with Gasteiger partial charge in [0.15, 0.2) is 0 Å². The second kappa shape index (κ2) is 5.11. The minimum Gasteiger partial charge on any atom is -0.334 e. The number of amides is 1. The van der Waals surface area contributed by atoms with E-state index in [4.69, 9.17) is 10.2 Å². The van der Waals surface area contributed by atoms with Gasteiger partial charge < -0.3 is 15.2 Å². The predicted molar refractivity (Wildman–Crippen MR) is 79.6 cm³/mol. The first-order chi connectivity index (χ1) is 10.8. The van der Waals surface area contributed by atoms with Gasteiger partial charge in [-0.2, -0.15) is 0 Å². The number of imidazole rings is 1. The number of nitrogens with one attached hydrogen (secondary N) is 3. The number of aromatic nitrogens is 2. The monoisotopic (exact) mass is 299 g/mol. The molecule has 22 heavy (non-hydrogen) atoms. The number of hydrogen-bond acceptors (Lipinski definition) is 5. The number of nitrogens with zero attached hydrogens (tertiary/aromatic N) is 2. The average Bonchev–Trinajstić information content (AvgIpc) is 3.16. The maximum Gasteiger partial charge on any atom is 0.274 e. The van der Waals surface area contributed by atoms with E-state index in [9.17, 15) is 4.79 Å². The first-order valence-electron chi connectivity index (χ1n) is 7.35. The topological polar surface area (TPSA) is 93.3 Å². The molecule has 0 radical (unpaired) electrons. The Morgan fingerprint density at radius 3 is 3.09 bits per heavy atom. The van der Waals surface area contributed by atoms with Crippen molar-refractivity contribution in [1.82, 2.24) is 20.8 Å². The van der Waals surface area contributed by atoms with Gasteiger partial charge in [0, 0.05) is 38.2 Å². The molecule has 0 saturated heterocycles. The van der Waals surface area contributed by atoms with Gasteiger partial charge >= 0.3 is 0 Å². The van der Waals surface area contributed by atoms with Crippen LogP contribution in [0.1, 0.15) is 32.9 Å². The standard InChI is InChI=1S/C15H17N5O2/c21-14(19-22)10-3-1-2-9-7-20(8-11(9)10)15-17-12-4-5-16-6-13(12)18-15/h1-3,16,22H,4-8H2,(H,17,18)(H,19,21). The third kappa shape index (κ3) is 2.06. The summed E-state index contributed by atoms with van der Waals surface area (Å²) in [5.41, 5.74) is 6.53. The van der Waals surface area contributed by atoms with Gasteiger partial charge in [0.2, 0.25) is 5.95 Å². The Hall–Kier alpha value is -2.38. The van der Waals surface area contributed by atoms with Gasteiger partial charge in [-0.05, 0) is 17.2 Å². The van der Waals surface area contributed by atoms with Crippen molar-refractivity contribution in [2.45, 2.75) is 26.1 Å². The maximum absolute atomic E-state index is 11.8. The molecule has 2 aliphatic rings. The summed E-state index contributed by atoms with van der Waals surface area (Å²) in [6.45, 7) is 3.10. The number of H-pyrrole nitrogens is 1. The number of anilines is 1. The van der Waals surface area contributed by atoms with E-state index in [1.165, 1.54) is 0 Å². The van der Waals surface area contributed by atoms with Crippen LogP contribution >= 0.6 is 0 Å². The van der Waals surface area contributed by atoms with Gasteiger partial charge in [-0.3, -0.25) is 10.0 Å². The van der Waals surface area contributed by atoms with E-state index >= 15 is 0 Å². The van der Waals surface area contributed by atoms with Gasteiger partial charge in [-0.15, -0.1) is 0 Å². The summed E-state index contributed by atoms with van der Waals surface area (Å²) in [5.74, 6) is 0.377. The van der Waals surface area contributed by atoms with Crippen LogP contribution in [0.4, 0.5) is 5.95 Å². The Labute approximate surface area is 127 Å². The second-order valence-corrected chi connectivity index (χ2v) is 5.65. The summed E-state index contributed by atoms with van der Waals surface area (Å²) in [5, 5.41) is 12.2. The molecule has 3 heterocycles. The molecule has 2 aliphatic heterocycles. The zero-order chi connectivity index (χ0) is 15.1. The Balaban J connectivity index is 1.64. The molecule has 2 aromatic rings. The van der Waals surface area contributed by atoms with Crippen LogP contribution in [-0.2, 0) is 26.1 Å². The van der Waals surface area contributed by atoms with Crippen molar-refractivity contribution in [2.24, 2.45) is 0 Å². The van der Waals surface area contributed by atoms with E-state index in [1.54, 1.807) is 11.5 Å². The quantitative estimate of drug-likeness (QED) is 0.484. The summed E-state index contributed by atoms with van der Waals surface area (Å²) in [7, 11) is 0. The molecule has 0 bridgehead atoms. The van der Waals surface area contributed by atoms with Crippen molar-refractivity contribution in [3.63, 3.8) is 0 Å². The molecule has 0 spiro atoms. The van der Waals surface area contributed by atoms with E-state index in [1.807, 2.05) is 12.1 Å². The van der Waals surface area contributed by atoms with Crippen molar-refractivity contribution in [1.29, 1.82) is 0 Å². The summed E-state index contributed by atoms with van der Waals surface area (Å²) in [4.78, 5) is 22.0. The smallest absolute Gasteiger partial charge is 0.274 e. The Morgan fingerprint density at radius 2 is 2.27 bits per heavy atom. The Kier molecular flexibility index (Phi) is 3.09. The minimum absolute atomic E-state index is 0.471. The lowest BCUT2D eigenvalue weighted by molar-refractivity contribution is 0.0705. The molecule has 0 atom stereocenters. The minimum atomic E-state index is -0.471. The number of carbonyl (C=O) groups excluding carboxylic acids is 1. The molecule has 7 nitrogen and oxygen atoms in total. The molecular weight excluding hydrogens is 282 g/mol. The summed E-state index contributed by atoms with van der Waals surface area (Å²) in [6, 6.07) is 5.57. The van der Waals surface area contributed by atoms with E-state index < -0.39 is 5.91 Å². The van der Waals surface area contributed by atoms with Gasteiger partial charge in [-0.25, -0.2) is 10.5 Å². The SMILES string of the molecule is O=C(NO)c1cccc2c1CN(c1nc3c([nH]1)CNCC3)C2. The fraction of sp³-hybridized carbons (Fsp3) is 0.333. The van der Waals surface area contributed by atoms with Crippen LogP contribution in [0.2, 0.25) is 0 Å². The Morgan fingerprint density at radius 1 is 1.36 bits per heavy atom. The highest BCUT2D eigenvalue weighted by atomic mass is 16.5. The zero-order valence-electron chi connectivity index (χ0n) is 12.0. The molecule has 4 rings (SSSR count). The third-order valence-corrected chi connectivity index (χ3v) is 4.32. The normalized spacial score (nSPS) is 16.3. The number of hydrogen-bond donors (Lipinski definition) is 4. The molecule has 0 fully saturated rings. The first kappa shape index (κ1) is 13.3. The fourth-order valence-electron chi connectivity index (χ4n) is 3.20. The molecule has 7 heteroatoms. The molecule has 1 amide bonds. The van der Waals surface area contributed by atoms with Crippen molar-refractivity contribution < 1.29 is 10.0 Å². The molecule has 0 saturated carbocycles. The maximum atomic E-state index is 11.8. The lowest BCUT2D eigenvalue weighted by Crippen LogP contribution is -2.23. The Bertz CT molecular complexity index is 716. The van der Waals surface area contributed by atoms with Crippen LogP contribution < -0.4 is 15.7 Å². The lowest BCUT2D eigenvalue weighted by Gasteiger charge is -2.13. The van der Waals surface area contributed by atoms with E-state index in [0.717, 1.165) is 48.0 Å². The highest BCUT2D eigenvalue weighted by molar-refractivity contribution is 5.95. The number of carbonyl (C=O) groups is 1. The fourth-order valence-corrected chi connectivity index (χ4v) is 3.20. The zero-order valence-corrected chi connectivity index (χ0v) is 12.0. The number of rotatable bonds is 2. The van der Waals surface area contributed by atoms with Crippen LogP contribution in [0.15, 0.2) is 18.2 Å².